The molecule has 0 bridgehead atoms. The van der Waals surface area contributed by atoms with Crippen LogP contribution in [0.1, 0.15) is 20.8 Å². The van der Waals surface area contributed by atoms with Crippen LogP contribution in [-0.2, 0) is 9.47 Å². The summed E-state index contributed by atoms with van der Waals surface area (Å²) in [5.74, 6) is 0.853. The van der Waals surface area contributed by atoms with Crippen LogP contribution in [0.2, 0.25) is 0 Å². The summed E-state index contributed by atoms with van der Waals surface area (Å²) in [5.41, 5.74) is 9.20. The van der Waals surface area contributed by atoms with Crippen molar-refractivity contribution in [3.63, 3.8) is 0 Å². The van der Waals surface area contributed by atoms with Gasteiger partial charge in [0.25, 0.3) is 0 Å². The molecule has 1 aliphatic heterocycles. The fraction of sp³-hybridized carbons (Fsp3) is 0.320. The molecule has 0 spiro atoms. The van der Waals surface area contributed by atoms with Crippen LogP contribution < -0.4 is 26.6 Å². The predicted octanol–water partition coefficient (Wildman–Crippen LogP) is 4.73. The topological polar surface area (TPSA) is 127 Å². The number of anilines is 7. The zero-order valence-electron chi connectivity index (χ0n) is 20.2. The highest BCUT2D eigenvalue weighted by atomic mass is 16.6. The molecule has 10 heteroatoms. The van der Waals surface area contributed by atoms with Gasteiger partial charge in [0.1, 0.15) is 5.60 Å². The Morgan fingerprint density at radius 1 is 1.03 bits per heavy atom. The normalized spacial score (nSPS) is 13.7. The fourth-order valence-corrected chi connectivity index (χ4v) is 3.49. The van der Waals surface area contributed by atoms with Crippen molar-refractivity contribution in [1.82, 2.24) is 9.97 Å². The molecule has 1 aliphatic rings. The summed E-state index contributed by atoms with van der Waals surface area (Å²) >= 11 is 0. The lowest BCUT2D eigenvalue weighted by Crippen LogP contribution is -2.36. The van der Waals surface area contributed by atoms with Crippen molar-refractivity contribution in [2.24, 2.45) is 0 Å². The van der Waals surface area contributed by atoms with E-state index in [4.69, 9.17) is 15.2 Å². The molecule has 2 aromatic carbocycles. The Balaban J connectivity index is 1.42. The number of morpholine rings is 1. The van der Waals surface area contributed by atoms with E-state index in [2.05, 4.69) is 43.0 Å². The van der Waals surface area contributed by atoms with Gasteiger partial charge in [-0.2, -0.15) is 4.98 Å². The summed E-state index contributed by atoms with van der Waals surface area (Å²) < 4.78 is 10.7. The minimum atomic E-state index is -0.582. The first kappa shape index (κ1) is 24.1. The minimum absolute atomic E-state index is 0.392. The summed E-state index contributed by atoms with van der Waals surface area (Å²) in [6.07, 6.45) is 1.02. The van der Waals surface area contributed by atoms with Gasteiger partial charge in [0.2, 0.25) is 5.95 Å². The molecular formula is C25H31N7O3. The summed E-state index contributed by atoms with van der Waals surface area (Å²) in [4.78, 5) is 23.2. The highest BCUT2D eigenvalue weighted by Crippen LogP contribution is 2.26. The van der Waals surface area contributed by atoms with Crippen LogP contribution >= 0.6 is 0 Å². The number of nitrogen functional groups attached to an aromatic ring is 1. The van der Waals surface area contributed by atoms with E-state index in [1.165, 1.54) is 0 Å². The Kier molecular flexibility index (Phi) is 7.21. The standard InChI is InChI=1S/C25H31N7O3/c1-25(2,3)35-24(33)30-19-6-4-5-18(15-19)28-22-21(26)16-27-23(31-22)29-17-7-9-20(10-8-17)32-11-13-34-14-12-32/h4-10,15-16H,11-14,26H2,1-3H3,(H,30,33)(H2,27,28,29,31). The summed E-state index contributed by atoms with van der Waals surface area (Å²) in [7, 11) is 0. The van der Waals surface area contributed by atoms with Crippen molar-refractivity contribution < 1.29 is 14.3 Å². The molecule has 0 aliphatic carbocycles. The molecule has 2 heterocycles. The van der Waals surface area contributed by atoms with Crippen molar-refractivity contribution in [3.8, 4) is 0 Å². The van der Waals surface area contributed by atoms with Gasteiger partial charge in [0.15, 0.2) is 5.82 Å². The van der Waals surface area contributed by atoms with Gasteiger partial charge in [-0.15, -0.1) is 0 Å². The molecule has 3 aromatic rings. The lowest BCUT2D eigenvalue weighted by atomic mass is 10.2. The second-order valence-corrected chi connectivity index (χ2v) is 9.10. The molecule has 0 radical (unpaired) electrons. The molecule has 0 unspecified atom stereocenters. The van der Waals surface area contributed by atoms with Crippen molar-refractivity contribution >= 4 is 46.3 Å². The third-order valence-electron chi connectivity index (χ3n) is 5.09. The first-order valence-electron chi connectivity index (χ1n) is 11.4. The summed E-state index contributed by atoms with van der Waals surface area (Å²) in [5, 5.41) is 9.12. The molecule has 1 amide bonds. The van der Waals surface area contributed by atoms with Gasteiger partial charge < -0.3 is 30.7 Å². The van der Waals surface area contributed by atoms with Crippen LogP contribution in [0, 0.1) is 0 Å². The molecule has 1 saturated heterocycles. The second kappa shape index (κ2) is 10.5. The molecule has 4 rings (SSSR count). The van der Waals surface area contributed by atoms with E-state index in [-0.39, 0.29) is 0 Å². The van der Waals surface area contributed by atoms with Gasteiger partial charge in [-0.25, -0.2) is 9.78 Å². The summed E-state index contributed by atoms with van der Waals surface area (Å²) in [6, 6.07) is 15.3. The number of benzene rings is 2. The van der Waals surface area contributed by atoms with E-state index in [1.807, 2.05) is 45.0 Å². The summed E-state index contributed by atoms with van der Waals surface area (Å²) in [6.45, 7) is 8.70. The Hall–Kier alpha value is -4.05. The Bertz CT molecular complexity index is 1160. The van der Waals surface area contributed by atoms with E-state index in [9.17, 15) is 4.79 Å². The SMILES string of the molecule is CC(C)(C)OC(=O)Nc1cccc(Nc2nc(Nc3ccc(N4CCOCC4)cc3)ncc2N)c1. The van der Waals surface area contributed by atoms with Gasteiger partial charge in [0.05, 0.1) is 25.1 Å². The number of aromatic nitrogens is 2. The average molecular weight is 478 g/mol. The number of nitrogens with one attached hydrogen (secondary N) is 3. The molecule has 10 nitrogen and oxygen atoms in total. The van der Waals surface area contributed by atoms with Gasteiger partial charge in [-0.1, -0.05) is 6.07 Å². The van der Waals surface area contributed by atoms with Gasteiger partial charge in [-0.05, 0) is 63.2 Å². The van der Waals surface area contributed by atoms with E-state index >= 15 is 0 Å². The van der Waals surface area contributed by atoms with Crippen LogP contribution in [0.5, 0.6) is 0 Å². The van der Waals surface area contributed by atoms with Crippen LogP contribution in [0.3, 0.4) is 0 Å². The molecule has 1 fully saturated rings. The van der Waals surface area contributed by atoms with Crippen molar-refractivity contribution in [1.29, 1.82) is 0 Å². The maximum atomic E-state index is 12.1. The Labute approximate surface area is 204 Å². The predicted molar refractivity (Wildman–Crippen MR) is 139 cm³/mol. The number of hydrogen-bond donors (Lipinski definition) is 4. The number of carbonyl (C=O) groups excluding carboxylic acids is 1. The third kappa shape index (κ3) is 6.97. The number of rotatable bonds is 6. The quantitative estimate of drug-likeness (QED) is 0.398. The number of amides is 1. The lowest BCUT2D eigenvalue weighted by Gasteiger charge is -2.28. The van der Waals surface area contributed by atoms with E-state index < -0.39 is 11.7 Å². The van der Waals surface area contributed by atoms with E-state index in [0.29, 0.717) is 28.8 Å². The van der Waals surface area contributed by atoms with Crippen LogP contribution in [-0.4, -0.2) is 48.0 Å². The minimum Gasteiger partial charge on any atom is -0.444 e. The highest BCUT2D eigenvalue weighted by molar-refractivity contribution is 5.86. The zero-order chi connectivity index (χ0) is 24.8. The monoisotopic (exact) mass is 477 g/mol. The first-order chi connectivity index (χ1) is 16.7. The molecular weight excluding hydrogens is 446 g/mol. The maximum Gasteiger partial charge on any atom is 0.412 e. The fourth-order valence-electron chi connectivity index (χ4n) is 3.49. The first-order valence-corrected chi connectivity index (χ1v) is 11.4. The number of nitrogens with two attached hydrogens (primary N) is 1. The van der Waals surface area contributed by atoms with Crippen molar-refractivity contribution in [3.05, 3.63) is 54.7 Å². The van der Waals surface area contributed by atoms with E-state index in [1.54, 1.807) is 18.3 Å². The number of carbonyl (C=O) groups is 1. The van der Waals surface area contributed by atoms with Gasteiger partial charge in [-0.3, -0.25) is 5.32 Å². The molecule has 5 N–H and O–H groups in total. The van der Waals surface area contributed by atoms with Crippen molar-refractivity contribution in [2.45, 2.75) is 26.4 Å². The molecule has 1 aromatic heterocycles. The molecule has 0 atom stereocenters. The second-order valence-electron chi connectivity index (χ2n) is 9.10. The number of hydrogen-bond acceptors (Lipinski definition) is 9. The van der Waals surface area contributed by atoms with Crippen LogP contribution in [0.4, 0.5) is 45.0 Å². The van der Waals surface area contributed by atoms with Crippen molar-refractivity contribution in [2.75, 3.05) is 52.9 Å². The average Bonchev–Trinajstić information content (AvgIpc) is 2.81. The van der Waals surface area contributed by atoms with Gasteiger partial charge >= 0.3 is 6.09 Å². The van der Waals surface area contributed by atoms with E-state index in [0.717, 1.165) is 37.7 Å². The smallest absolute Gasteiger partial charge is 0.412 e. The Morgan fingerprint density at radius 3 is 2.46 bits per heavy atom. The van der Waals surface area contributed by atoms with Gasteiger partial charge in [0, 0.05) is 35.8 Å². The Morgan fingerprint density at radius 2 is 1.74 bits per heavy atom. The third-order valence-corrected chi connectivity index (χ3v) is 5.09. The highest BCUT2D eigenvalue weighted by Gasteiger charge is 2.16. The van der Waals surface area contributed by atoms with Crippen LogP contribution in [0.15, 0.2) is 54.7 Å². The molecule has 35 heavy (non-hydrogen) atoms. The molecule has 184 valence electrons. The maximum absolute atomic E-state index is 12.1. The largest absolute Gasteiger partial charge is 0.444 e. The number of nitrogens with zero attached hydrogens (tertiary/aromatic N) is 3. The van der Waals surface area contributed by atoms with Crippen LogP contribution in [0.25, 0.3) is 0 Å². The zero-order valence-corrected chi connectivity index (χ0v) is 20.2. The molecule has 0 saturated carbocycles. The lowest BCUT2D eigenvalue weighted by molar-refractivity contribution is 0.0636. The number of ether oxygens (including phenoxy) is 2.